The molecule has 0 aliphatic carbocycles. The molecule has 3 aromatic rings. The van der Waals surface area contributed by atoms with Crippen LogP contribution < -0.4 is 10.5 Å². The largest absolute Gasteiger partial charge is 0.508 e. The van der Waals surface area contributed by atoms with Crippen LogP contribution >= 0.6 is 0 Å². The number of hydrogen-bond donors (Lipinski definition) is 2. The van der Waals surface area contributed by atoms with Crippen molar-refractivity contribution in [1.29, 1.82) is 0 Å². The number of phenolic OH excluding ortho intramolecular Hbond substituents is 1. The zero-order chi connectivity index (χ0) is 17.3. The predicted molar refractivity (Wildman–Crippen MR) is 89.6 cm³/mol. The minimum absolute atomic E-state index is 0.0925. The third-order valence-electron chi connectivity index (χ3n) is 4.16. The lowest BCUT2D eigenvalue weighted by atomic mass is 10.1. The van der Waals surface area contributed by atoms with Gasteiger partial charge in [-0.1, -0.05) is 18.2 Å². The van der Waals surface area contributed by atoms with E-state index in [2.05, 4.69) is 0 Å². The van der Waals surface area contributed by atoms with Crippen molar-refractivity contribution in [3.63, 3.8) is 0 Å². The van der Waals surface area contributed by atoms with Crippen LogP contribution in [0.1, 0.15) is 16.7 Å². The van der Waals surface area contributed by atoms with Crippen LogP contribution in [0.2, 0.25) is 0 Å². The highest BCUT2D eigenvalue weighted by Crippen LogP contribution is 2.27. The van der Waals surface area contributed by atoms with Crippen LogP contribution in [-0.4, -0.2) is 12.2 Å². The quantitative estimate of drug-likeness (QED) is 0.722. The Kier molecular flexibility index (Phi) is 4.36. The van der Waals surface area contributed by atoms with Gasteiger partial charge in [0, 0.05) is 28.1 Å². The summed E-state index contributed by atoms with van der Waals surface area (Å²) in [7, 11) is 1.94. The molecule has 3 rings (SSSR count). The Bertz CT molecular complexity index is 949. The number of aromatic hydroxyl groups is 1. The number of nitrogens with one attached hydrogen (secondary N) is 1. The van der Waals surface area contributed by atoms with Crippen molar-refractivity contribution in [1.82, 2.24) is 0 Å². The standard InChI is InChI=1S/C19H18FNO3/c1-12-17(22)8-7-15-14(9-18(23)24-19(12)15)11-21(2)10-13-5-3-4-6-16(13)20/h3-9,22H,10-11H2,1-2H3/p+1. The molecule has 4 nitrogen and oxygen atoms in total. The number of hydrogen-bond acceptors (Lipinski definition) is 3. The zero-order valence-electron chi connectivity index (χ0n) is 13.6. The summed E-state index contributed by atoms with van der Waals surface area (Å²) in [6.07, 6.45) is 0. The fraction of sp³-hybridized carbons (Fsp3) is 0.211. The van der Waals surface area contributed by atoms with Crippen molar-refractivity contribution in [2.24, 2.45) is 0 Å². The van der Waals surface area contributed by atoms with Crippen molar-refractivity contribution in [3.8, 4) is 5.75 Å². The van der Waals surface area contributed by atoms with Gasteiger partial charge in [-0.15, -0.1) is 0 Å². The smallest absolute Gasteiger partial charge is 0.336 e. The molecule has 24 heavy (non-hydrogen) atoms. The SMILES string of the molecule is Cc1c(O)ccc2c(C[NH+](C)Cc3ccccc3F)cc(=O)oc12. The molecule has 2 N–H and O–H groups in total. The van der Waals surface area contributed by atoms with Crippen molar-refractivity contribution in [2.45, 2.75) is 20.0 Å². The predicted octanol–water partition coefficient (Wildman–Crippen LogP) is 2.16. The fourth-order valence-corrected chi connectivity index (χ4v) is 2.92. The van der Waals surface area contributed by atoms with Crippen molar-refractivity contribution in [3.05, 3.63) is 75.4 Å². The van der Waals surface area contributed by atoms with Gasteiger partial charge in [0.25, 0.3) is 0 Å². The Morgan fingerprint density at radius 3 is 2.58 bits per heavy atom. The molecule has 0 bridgehead atoms. The number of benzene rings is 2. The number of phenols is 1. The summed E-state index contributed by atoms with van der Waals surface area (Å²) in [4.78, 5) is 12.9. The van der Waals surface area contributed by atoms with E-state index in [1.165, 1.54) is 12.1 Å². The molecule has 0 radical (unpaired) electrons. The van der Waals surface area contributed by atoms with Gasteiger partial charge in [-0.2, -0.15) is 0 Å². The van der Waals surface area contributed by atoms with Crippen LogP contribution in [0.15, 0.2) is 51.7 Å². The molecule has 5 heteroatoms. The Morgan fingerprint density at radius 2 is 1.83 bits per heavy atom. The lowest BCUT2D eigenvalue weighted by molar-refractivity contribution is -0.907. The third-order valence-corrected chi connectivity index (χ3v) is 4.16. The van der Waals surface area contributed by atoms with Gasteiger partial charge < -0.3 is 14.4 Å². The molecule has 124 valence electrons. The van der Waals surface area contributed by atoms with E-state index in [4.69, 9.17) is 4.42 Å². The second-order valence-corrected chi connectivity index (χ2v) is 6.08. The Morgan fingerprint density at radius 1 is 1.12 bits per heavy atom. The average Bonchev–Trinajstić information content (AvgIpc) is 2.53. The summed E-state index contributed by atoms with van der Waals surface area (Å²) >= 11 is 0. The molecular weight excluding hydrogens is 309 g/mol. The summed E-state index contributed by atoms with van der Waals surface area (Å²) in [5, 5.41) is 10.6. The number of rotatable bonds is 4. The molecule has 0 saturated heterocycles. The minimum Gasteiger partial charge on any atom is -0.508 e. The van der Waals surface area contributed by atoms with Gasteiger partial charge in [0.15, 0.2) is 0 Å². The Balaban J connectivity index is 1.94. The van der Waals surface area contributed by atoms with Crippen LogP contribution in [0.4, 0.5) is 4.39 Å². The van der Waals surface area contributed by atoms with Crippen molar-refractivity contribution < 1.29 is 18.8 Å². The normalized spacial score (nSPS) is 12.5. The van der Waals surface area contributed by atoms with Crippen LogP contribution in [0.3, 0.4) is 0 Å². The minimum atomic E-state index is -0.454. The molecule has 1 aromatic heterocycles. The Hall–Kier alpha value is -2.66. The van der Waals surface area contributed by atoms with Crippen molar-refractivity contribution >= 4 is 11.0 Å². The van der Waals surface area contributed by atoms with E-state index in [0.717, 1.165) is 15.8 Å². The van der Waals surface area contributed by atoms with Gasteiger partial charge in [0.05, 0.1) is 7.05 Å². The van der Waals surface area contributed by atoms with Gasteiger partial charge in [-0.3, -0.25) is 0 Å². The second-order valence-electron chi connectivity index (χ2n) is 6.08. The number of quaternary nitrogens is 1. The first-order chi connectivity index (χ1) is 11.5. The molecular formula is C19H19FNO3+. The summed E-state index contributed by atoms with van der Waals surface area (Å²) in [6, 6.07) is 11.5. The van der Waals surface area contributed by atoms with Crippen LogP contribution in [-0.2, 0) is 13.1 Å². The number of fused-ring (bicyclic) bond motifs is 1. The van der Waals surface area contributed by atoms with Gasteiger partial charge in [0.2, 0.25) is 0 Å². The number of halogens is 1. The second kappa shape index (κ2) is 6.45. The third kappa shape index (κ3) is 3.16. The van der Waals surface area contributed by atoms with Crippen LogP contribution in [0.25, 0.3) is 11.0 Å². The van der Waals surface area contributed by atoms with Gasteiger partial charge in [0.1, 0.15) is 30.2 Å². The van der Waals surface area contributed by atoms with E-state index in [0.29, 0.717) is 29.8 Å². The van der Waals surface area contributed by atoms with E-state index in [-0.39, 0.29) is 11.6 Å². The molecule has 0 amide bonds. The monoisotopic (exact) mass is 328 g/mol. The zero-order valence-corrected chi connectivity index (χ0v) is 13.6. The molecule has 0 fully saturated rings. The summed E-state index contributed by atoms with van der Waals surface area (Å²) in [5.41, 5.74) is 1.94. The van der Waals surface area contributed by atoms with E-state index in [9.17, 15) is 14.3 Å². The molecule has 2 aromatic carbocycles. The van der Waals surface area contributed by atoms with Gasteiger partial charge >= 0.3 is 5.63 Å². The number of aryl methyl sites for hydroxylation is 1. The maximum Gasteiger partial charge on any atom is 0.336 e. The van der Waals surface area contributed by atoms with E-state index in [1.54, 1.807) is 31.2 Å². The Labute approximate surface area is 138 Å². The lowest BCUT2D eigenvalue weighted by Gasteiger charge is -2.16. The highest BCUT2D eigenvalue weighted by atomic mass is 19.1. The first-order valence-electron chi connectivity index (χ1n) is 7.75. The first kappa shape index (κ1) is 16.2. The average molecular weight is 328 g/mol. The maximum absolute atomic E-state index is 13.8. The maximum atomic E-state index is 13.8. The highest BCUT2D eigenvalue weighted by Gasteiger charge is 2.15. The summed E-state index contributed by atoms with van der Waals surface area (Å²) in [5.74, 6) is -0.134. The fourth-order valence-electron chi connectivity index (χ4n) is 2.92. The topological polar surface area (TPSA) is 54.9 Å². The molecule has 1 heterocycles. The molecule has 1 atom stereocenters. The van der Waals surface area contributed by atoms with Crippen LogP contribution in [0, 0.1) is 12.7 Å². The highest BCUT2D eigenvalue weighted by molar-refractivity contribution is 5.84. The van der Waals surface area contributed by atoms with Gasteiger partial charge in [-0.25, -0.2) is 9.18 Å². The first-order valence-corrected chi connectivity index (χ1v) is 7.75. The van der Waals surface area contributed by atoms with Gasteiger partial charge in [-0.05, 0) is 25.1 Å². The molecule has 0 saturated carbocycles. The lowest BCUT2D eigenvalue weighted by Crippen LogP contribution is -3.06. The summed E-state index contributed by atoms with van der Waals surface area (Å²) < 4.78 is 19.0. The summed E-state index contributed by atoms with van der Waals surface area (Å²) in [6.45, 7) is 2.76. The van der Waals surface area contributed by atoms with E-state index >= 15 is 0 Å². The molecule has 0 aliphatic heterocycles. The van der Waals surface area contributed by atoms with E-state index < -0.39 is 5.63 Å². The van der Waals surface area contributed by atoms with E-state index in [1.807, 2.05) is 13.1 Å². The molecule has 0 spiro atoms. The molecule has 0 aliphatic rings. The molecule has 1 unspecified atom stereocenters. The van der Waals surface area contributed by atoms with Crippen molar-refractivity contribution in [2.75, 3.05) is 7.05 Å². The van der Waals surface area contributed by atoms with Crippen LogP contribution in [0.5, 0.6) is 5.75 Å².